The van der Waals surface area contributed by atoms with Gasteiger partial charge in [-0.3, -0.25) is 10.1 Å². The van der Waals surface area contributed by atoms with Crippen molar-refractivity contribution >= 4 is 5.69 Å². The maximum atomic E-state index is 11.8. The summed E-state index contributed by atoms with van der Waals surface area (Å²) in [5.74, 6) is 1.16. The number of methoxy groups -OCH3 is 2. The second kappa shape index (κ2) is 5.58. The zero-order valence-electron chi connectivity index (χ0n) is 14.9. The lowest BCUT2D eigenvalue weighted by molar-refractivity contribution is -0.385. The standard InChI is InChI=1S/C22H17NO4/c1-26-16-10-11-17(27-2)22-20-13-7-4-3-6-12(13)18(21(16)22)14-8-5-9-15(19(14)20)23(24)25/h3-11,18,20H,1-2H3. The van der Waals surface area contributed by atoms with Gasteiger partial charge >= 0.3 is 0 Å². The molecule has 0 heterocycles. The van der Waals surface area contributed by atoms with Gasteiger partial charge in [0, 0.05) is 34.6 Å². The van der Waals surface area contributed by atoms with Crippen LogP contribution >= 0.6 is 0 Å². The van der Waals surface area contributed by atoms with Gasteiger partial charge in [-0.2, -0.15) is 0 Å². The molecule has 3 aliphatic rings. The van der Waals surface area contributed by atoms with E-state index in [0.717, 1.165) is 39.3 Å². The number of rotatable bonds is 3. The molecule has 0 amide bonds. The molecule has 5 nitrogen and oxygen atoms in total. The third kappa shape index (κ3) is 1.94. The Balaban J connectivity index is 1.95. The van der Waals surface area contributed by atoms with E-state index in [4.69, 9.17) is 9.47 Å². The third-order valence-electron chi connectivity index (χ3n) is 5.76. The van der Waals surface area contributed by atoms with E-state index < -0.39 is 0 Å². The van der Waals surface area contributed by atoms with Crippen LogP contribution in [0.4, 0.5) is 5.69 Å². The summed E-state index contributed by atoms with van der Waals surface area (Å²) >= 11 is 0. The first-order valence-corrected chi connectivity index (χ1v) is 8.78. The first-order chi connectivity index (χ1) is 13.2. The Hall–Kier alpha value is -3.34. The predicted molar refractivity (Wildman–Crippen MR) is 101 cm³/mol. The van der Waals surface area contributed by atoms with E-state index in [2.05, 4.69) is 12.1 Å². The summed E-state index contributed by atoms with van der Waals surface area (Å²) in [5, 5.41) is 11.8. The number of hydrogen-bond acceptors (Lipinski definition) is 4. The minimum Gasteiger partial charge on any atom is -0.496 e. The average molecular weight is 359 g/mol. The fourth-order valence-corrected chi connectivity index (χ4v) is 4.81. The quantitative estimate of drug-likeness (QED) is 0.349. The van der Waals surface area contributed by atoms with Gasteiger partial charge in [0.25, 0.3) is 5.69 Å². The Morgan fingerprint density at radius 1 is 0.741 bits per heavy atom. The molecule has 2 unspecified atom stereocenters. The highest BCUT2D eigenvalue weighted by molar-refractivity contribution is 5.75. The molecule has 5 heteroatoms. The molecule has 0 aliphatic heterocycles. The molecule has 0 spiro atoms. The molecule has 2 bridgehead atoms. The summed E-state index contributed by atoms with van der Waals surface area (Å²) in [7, 11) is 3.29. The first kappa shape index (κ1) is 15.9. The number of nitrogens with zero attached hydrogens (tertiary/aromatic N) is 1. The van der Waals surface area contributed by atoms with E-state index in [1.54, 1.807) is 26.4 Å². The molecule has 2 atom stereocenters. The Morgan fingerprint density at radius 3 is 1.89 bits per heavy atom. The first-order valence-electron chi connectivity index (χ1n) is 8.78. The summed E-state index contributed by atoms with van der Waals surface area (Å²) in [6, 6.07) is 17.3. The normalized spacial score (nSPS) is 18.3. The van der Waals surface area contributed by atoms with Crippen molar-refractivity contribution < 1.29 is 14.4 Å². The molecule has 0 radical (unpaired) electrons. The zero-order valence-corrected chi connectivity index (χ0v) is 14.9. The minimum atomic E-state index is -0.283. The van der Waals surface area contributed by atoms with Crippen molar-refractivity contribution in [2.75, 3.05) is 14.2 Å². The molecule has 3 aliphatic carbocycles. The Morgan fingerprint density at radius 2 is 1.30 bits per heavy atom. The van der Waals surface area contributed by atoms with Crippen LogP contribution in [0.5, 0.6) is 11.5 Å². The Labute approximate surface area is 156 Å². The van der Waals surface area contributed by atoms with Crippen molar-refractivity contribution in [2.45, 2.75) is 11.8 Å². The molecule has 27 heavy (non-hydrogen) atoms. The van der Waals surface area contributed by atoms with E-state index in [1.807, 2.05) is 30.3 Å². The molecule has 3 aromatic carbocycles. The lowest BCUT2D eigenvalue weighted by Crippen LogP contribution is -2.29. The van der Waals surface area contributed by atoms with E-state index in [-0.39, 0.29) is 22.4 Å². The van der Waals surface area contributed by atoms with Gasteiger partial charge in [-0.1, -0.05) is 36.4 Å². The highest BCUT2D eigenvalue weighted by Gasteiger charge is 2.47. The van der Waals surface area contributed by atoms with Crippen LogP contribution < -0.4 is 9.47 Å². The fourth-order valence-electron chi connectivity index (χ4n) is 4.81. The number of benzene rings is 3. The van der Waals surface area contributed by atoms with Crippen LogP contribution in [0.15, 0.2) is 54.6 Å². The van der Waals surface area contributed by atoms with Crippen LogP contribution in [-0.2, 0) is 0 Å². The van der Waals surface area contributed by atoms with Gasteiger partial charge in [0.05, 0.1) is 19.1 Å². The van der Waals surface area contributed by atoms with Gasteiger partial charge in [0.2, 0.25) is 0 Å². The summed E-state index contributed by atoms with van der Waals surface area (Å²) in [5.41, 5.74) is 6.21. The van der Waals surface area contributed by atoms with Crippen LogP contribution in [0.1, 0.15) is 45.2 Å². The SMILES string of the molecule is COc1ccc(OC)c2c1C1c3ccccc3C2c2c1cccc2[N+](=O)[O-]. The molecular weight excluding hydrogens is 342 g/mol. The third-order valence-corrected chi connectivity index (χ3v) is 5.76. The second-order valence-electron chi connectivity index (χ2n) is 6.83. The van der Waals surface area contributed by atoms with Gasteiger partial charge in [-0.05, 0) is 28.8 Å². The number of hydrogen-bond donors (Lipinski definition) is 0. The lowest BCUT2D eigenvalue weighted by atomic mass is 9.60. The minimum absolute atomic E-state index is 0.110. The van der Waals surface area contributed by atoms with Crippen LogP contribution in [-0.4, -0.2) is 19.1 Å². The maximum Gasteiger partial charge on any atom is 0.273 e. The molecule has 0 saturated heterocycles. The number of nitro groups is 1. The van der Waals surface area contributed by atoms with E-state index in [1.165, 1.54) is 5.56 Å². The topological polar surface area (TPSA) is 61.6 Å². The van der Waals surface area contributed by atoms with Crippen LogP contribution in [0.2, 0.25) is 0 Å². The highest BCUT2D eigenvalue weighted by atomic mass is 16.6. The van der Waals surface area contributed by atoms with Crippen LogP contribution in [0, 0.1) is 10.1 Å². The molecule has 0 aromatic heterocycles. The van der Waals surface area contributed by atoms with E-state index >= 15 is 0 Å². The van der Waals surface area contributed by atoms with Gasteiger partial charge < -0.3 is 9.47 Å². The molecule has 3 aromatic rings. The average Bonchev–Trinajstić information content (AvgIpc) is 2.71. The predicted octanol–water partition coefficient (Wildman–Crippen LogP) is 4.60. The summed E-state index contributed by atoms with van der Waals surface area (Å²) in [6.07, 6.45) is 0. The fraction of sp³-hybridized carbons (Fsp3) is 0.182. The zero-order chi connectivity index (χ0) is 18.7. The largest absolute Gasteiger partial charge is 0.496 e. The maximum absolute atomic E-state index is 11.8. The van der Waals surface area contributed by atoms with Crippen molar-refractivity contribution in [1.82, 2.24) is 0 Å². The highest BCUT2D eigenvalue weighted by Crippen LogP contribution is 2.61. The lowest BCUT2D eigenvalue weighted by Gasteiger charge is -2.42. The van der Waals surface area contributed by atoms with Gasteiger partial charge in [0.15, 0.2) is 0 Å². The number of ether oxygens (including phenoxy) is 2. The van der Waals surface area contributed by atoms with Crippen molar-refractivity contribution in [3.8, 4) is 11.5 Å². The van der Waals surface area contributed by atoms with Gasteiger partial charge in [-0.15, -0.1) is 0 Å². The summed E-state index contributed by atoms with van der Waals surface area (Å²) in [6.45, 7) is 0. The monoisotopic (exact) mass is 359 g/mol. The van der Waals surface area contributed by atoms with Crippen LogP contribution in [0.3, 0.4) is 0 Å². The summed E-state index contributed by atoms with van der Waals surface area (Å²) in [4.78, 5) is 11.5. The van der Waals surface area contributed by atoms with Gasteiger partial charge in [0.1, 0.15) is 11.5 Å². The molecule has 134 valence electrons. The Bertz CT molecular complexity index is 1110. The summed E-state index contributed by atoms with van der Waals surface area (Å²) < 4.78 is 11.4. The smallest absolute Gasteiger partial charge is 0.273 e. The number of nitro benzene ring substituents is 1. The van der Waals surface area contributed by atoms with Crippen molar-refractivity contribution in [1.29, 1.82) is 0 Å². The van der Waals surface area contributed by atoms with E-state index in [0.29, 0.717) is 0 Å². The van der Waals surface area contributed by atoms with Crippen molar-refractivity contribution in [3.05, 3.63) is 98.1 Å². The molecule has 0 fully saturated rings. The molecule has 6 rings (SSSR count). The second-order valence-corrected chi connectivity index (χ2v) is 6.83. The van der Waals surface area contributed by atoms with Gasteiger partial charge in [-0.25, -0.2) is 0 Å². The van der Waals surface area contributed by atoms with Crippen molar-refractivity contribution in [3.63, 3.8) is 0 Å². The van der Waals surface area contributed by atoms with Crippen molar-refractivity contribution in [2.24, 2.45) is 0 Å². The Kier molecular flexibility index (Phi) is 3.28. The molecular formula is C22H17NO4. The van der Waals surface area contributed by atoms with E-state index in [9.17, 15) is 10.1 Å². The van der Waals surface area contributed by atoms with Crippen LogP contribution in [0.25, 0.3) is 0 Å². The molecule has 0 N–H and O–H groups in total. The molecule has 0 saturated carbocycles.